The van der Waals surface area contributed by atoms with E-state index in [1.165, 1.54) is 55.0 Å². The molecule has 0 aromatic carbocycles. The summed E-state index contributed by atoms with van der Waals surface area (Å²) in [5.74, 6) is 0. The first-order valence-corrected chi connectivity index (χ1v) is 10.1. The third kappa shape index (κ3) is 4.75. The fourth-order valence-electron chi connectivity index (χ4n) is 2.77. The number of anilines is 1. The molecule has 2 N–H and O–H groups in total. The Labute approximate surface area is 150 Å². The lowest BCUT2D eigenvalue weighted by molar-refractivity contribution is 0.252. The van der Waals surface area contributed by atoms with Gasteiger partial charge in [-0.2, -0.15) is 0 Å². The van der Waals surface area contributed by atoms with Crippen LogP contribution in [-0.2, 0) is 6.54 Å². The number of carbonyl (C=O) groups excluding carboxylic acids is 1. The number of rotatable bonds is 5. The van der Waals surface area contributed by atoms with E-state index in [1.54, 1.807) is 11.3 Å². The molecule has 3 heterocycles. The van der Waals surface area contributed by atoms with Gasteiger partial charge in [-0.25, -0.2) is 4.79 Å². The van der Waals surface area contributed by atoms with Crippen molar-refractivity contribution in [2.45, 2.75) is 39.2 Å². The van der Waals surface area contributed by atoms with Crippen LogP contribution in [0.15, 0.2) is 12.1 Å². The van der Waals surface area contributed by atoms with Crippen LogP contribution in [0.3, 0.4) is 0 Å². The molecule has 0 spiro atoms. The van der Waals surface area contributed by atoms with Gasteiger partial charge in [0.05, 0.1) is 4.88 Å². The van der Waals surface area contributed by atoms with Crippen LogP contribution in [0.25, 0.3) is 9.88 Å². The summed E-state index contributed by atoms with van der Waals surface area (Å²) in [6.45, 7) is 5.89. The van der Waals surface area contributed by atoms with Gasteiger partial charge in [-0.15, -0.1) is 21.5 Å². The lowest BCUT2D eigenvalue weighted by atomic mass is 10.2. The van der Waals surface area contributed by atoms with Gasteiger partial charge in [0.2, 0.25) is 5.13 Å². The van der Waals surface area contributed by atoms with Crippen molar-refractivity contribution in [3.05, 3.63) is 17.0 Å². The Bertz CT molecular complexity index is 661. The molecule has 1 fully saturated rings. The fraction of sp³-hybridized carbons (Fsp3) is 0.562. The summed E-state index contributed by atoms with van der Waals surface area (Å²) < 4.78 is 0. The fourth-order valence-corrected chi connectivity index (χ4v) is 4.61. The highest BCUT2D eigenvalue weighted by molar-refractivity contribution is 7.23. The molecule has 0 bridgehead atoms. The summed E-state index contributed by atoms with van der Waals surface area (Å²) in [5, 5.41) is 15.0. The molecule has 8 heteroatoms. The van der Waals surface area contributed by atoms with Crippen molar-refractivity contribution >= 4 is 33.8 Å². The molecule has 2 aromatic heterocycles. The Balaban J connectivity index is 1.60. The second kappa shape index (κ2) is 8.55. The second-order valence-corrected chi connectivity index (χ2v) is 8.00. The number of nitrogens with zero attached hydrogens (tertiary/aromatic N) is 3. The van der Waals surface area contributed by atoms with Gasteiger partial charge in [-0.3, -0.25) is 10.2 Å². The standard InChI is InChI=1S/C16H23N5OS2/c1-2-17-15(22)18-16-20-19-14(24-16)13-8-7-12(23-13)11-21-9-5-3-4-6-10-21/h7-8H,2-6,9-11H2,1H3,(H2,17,18,20,22). The molecule has 1 aliphatic heterocycles. The molecule has 0 radical (unpaired) electrons. The molecule has 3 rings (SSSR count). The number of hydrogen-bond acceptors (Lipinski definition) is 6. The highest BCUT2D eigenvalue weighted by Crippen LogP contribution is 2.32. The van der Waals surface area contributed by atoms with Gasteiger partial charge in [0.1, 0.15) is 0 Å². The number of likely N-dealkylation sites (tertiary alicyclic amines) is 1. The summed E-state index contributed by atoms with van der Waals surface area (Å²) in [6.07, 6.45) is 5.34. The highest BCUT2D eigenvalue weighted by Gasteiger charge is 2.14. The average molecular weight is 366 g/mol. The molecule has 24 heavy (non-hydrogen) atoms. The maximum Gasteiger partial charge on any atom is 0.321 e. The summed E-state index contributed by atoms with van der Waals surface area (Å²) >= 11 is 3.17. The van der Waals surface area contributed by atoms with Gasteiger partial charge in [0, 0.05) is 18.0 Å². The number of amides is 2. The van der Waals surface area contributed by atoms with E-state index in [-0.39, 0.29) is 6.03 Å². The van der Waals surface area contributed by atoms with Gasteiger partial charge in [0.25, 0.3) is 0 Å². The first kappa shape index (κ1) is 17.3. The quantitative estimate of drug-likeness (QED) is 0.846. The van der Waals surface area contributed by atoms with Gasteiger partial charge < -0.3 is 5.32 Å². The second-order valence-electron chi connectivity index (χ2n) is 5.85. The van der Waals surface area contributed by atoms with Crippen LogP contribution in [0.5, 0.6) is 0 Å². The van der Waals surface area contributed by atoms with Crippen molar-refractivity contribution in [1.82, 2.24) is 20.4 Å². The molecule has 0 aliphatic carbocycles. The lowest BCUT2D eigenvalue weighted by Crippen LogP contribution is -2.28. The normalized spacial score (nSPS) is 15.9. The SMILES string of the molecule is CCNC(=O)Nc1nnc(-c2ccc(CN3CCCCCC3)s2)s1. The topological polar surface area (TPSA) is 70.1 Å². The van der Waals surface area contributed by atoms with Gasteiger partial charge in [-0.05, 0) is 45.0 Å². The smallest absolute Gasteiger partial charge is 0.321 e. The van der Waals surface area contributed by atoms with Crippen LogP contribution < -0.4 is 10.6 Å². The van der Waals surface area contributed by atoms with E-state index < -0.39 is 0 Å². The Kier molecular flexibility index (Phi) is 6.17. The molecule has 1 aliphatic rings. The van der Waals surface area contributed by atoms with E-state index in [4.69, 9.17) is 0 Å². The van der Waals surface area contributed by atoms with Crippen LogP contribution in [0, 0.1) is 0 Å². The monoisotopic (exact) mass is 365 g/mol. The maximum absolute atomic E-state index is 11.5. The average Bonchev–Trinajstić information content (AvgIpc) is 3.12. The number of aromatic nitrogens is 2. The van der Waals surface area contributed by atoms with E-state index in [9.17, 15) is 4.79 Å². The molecule has 2 amide bonds. The van der Waals surface area contributed by atoms with Gasteiger partial charge in [-0.1, -0.05) is 24.2 Å². The Morgan fingerprint density at radius 2 is 1.96 bits per heavy atom. The number of nitrogens with one attached hydrogen (secondary N) is 2. The molecule has 0 saturated carbocycles. The maximum atomic E-state index is 11.5. The zero-order valence-electron chi connectivity index (χ0n) is 13.9. The van der Waals surface area contributed by atoms with Gasteiger partial charge >= 0.3 is 6.03 Å². The van der Waals surface area contributed by atoms with Crippen molar-refractivity contribution < 1.29 is 4.79 Å². The zero-order valence-corrected chi connectivity index (χ0v) is 15.5. The predicted octanol–water partition coefficient (Wildman–Crippen LogP) is 3.78. The largest absolute Gasteiger partial charge is 0.338 e. The minimum absolute atomic E-state index is 0.242. The molecule has 6 nitrogen and oxygen atoms in total. The highest BCUT2D eigenvalue weighted by atomic mass is 32.1. The summed E-state index contributed by atoms with van der Waals surface area (Å²) in [5.41, 5.74) is 0. The third-order valence-corrected chi connectivity index (χ3v) is 6.01. The molecule has 0 unspecified atom stereocenters. The van der Waals surface area contributed by atoms with Crippen LogP contribution in [0.1, 0.15) is 37.5 Å². The van der Waals surface area contributed by atoms with Crippen LogP contribution in [0.2, 0.25) is 0 Å². The molecule has 1 saturated heterocycles. The molecule has 130 valence electrons. The minimum atomic E-state index is -0.242. The summed E-state index contributed by atoms with van der Waals surface area (Å²) in [4.78, 5) is 16.5. The van der Waals surface area contributed by atoms with Gasteiger partial charge in [0.15, 0.2) is 5.01 Å². The zero-order chi connectivity index (χ0) is 16.8. The predicted molar refractivity (Wildman–Crippen MR) is 99.7 cm³/mol. The van der Waals surface area contributed by atoms with Crippen molar-refractivity contribution in [3.63, 3.8) is 0 Å². The van der Waals surface area contributed by atoms with E-state index >= 15 is 0 Å². The van der Waals surface area contributed by atoms with E-state index in [1.807, 2.05) is 6.92 Å². The first-order chi connectivity index (χ1) is 11.7. The van der Waals surface area contributed by atoms with Crippen LogP contribution in [0.4, 0.5) is 9.93 Å². The number of hydrogen-bond donors (Lipinski definition) is 2. The Hall–Kier alpha value is -1.51. The van der Waals surface area contributed by atoms with E-state index in [0.29, 0.717) is 11.7 Å². The Morgan fingerprint density at radius 3 is 2.71 bits per heavy atom. The molecular formula is C16H23N5OS2. The lowest BCUT2D eigenvalue weighted by Gasteiger charge is -2.18. The van der Waals surface area contributed by atoms with Crippen LogP contribution >= 0.6 is 22.7 Å². The number of thiophene rings is 1. The molecule has 0 atom stereocenters. The van der Waals surface area contributed by atoms with E-state index in [0.717, 1.165) is 16.4 Å². The van der Waals surface area contributed by atoms with E-state index in [2.05, 4.69) is 37.9 Å². The Morgan fingerprint density at radius 1 is 1.17 bits per heavy atom. The van der Waals surface area contributed by atoms with Crippen molar-refractivity contribution in [2.24, 2.45) is 0 Å². The molecule has 2 aromatic rings. The number of urea groups is 1. The molecular weight excluding hydrogens is 342 g/mol. The van der Waals surface area contributed by atoms with Crippen molar-refractivity contribution in [3.8, 4) is 9.88 Å². The van der Waals surface area contributed by atoms with Crippen LogP contribution in [-0.4, -0.2) is 40.8 Å². The third-order valence-electron chi connectivity index (χ3n) is 3.93. The van der Waals surface area contributed by atoms with Crippen molar-refractivity contribution in [2.75, 3.05) is 25.0 Å². The summed E-state index contributed by atoms with van der Waals surface area (Å²) in [7, 11) is 0. The number of carbonyl (C=O) groups is 1. The van der Waals surface area contributed by atoms with Crippen molar-refractivity contribution in [1.29, 1.82) is 0 Å². The minimum Gasteiger partial charge on any atom is -0.338 e. The summed E-state index contributed by atoms with van der Waals surface area (Å²) in [6, 6.07) is 4.05. The first-order valence-electron chi connectivity index (χ1n) is 8.44.